The molecule has 0 fully saturated rings. The first kappa shape index (κ1) is 21.6. The van der Waals surface area contributed by atoms with Crippen LogP contribution < -0.4 is 4.74 Å². The lowest BCUT2D eigenvalue weighted by Gasteiger charge is -2.27. The number of carbonyl (C=O) groups is 1. The fraction of sp³-hybridized carbons (Fsp3) is 0.360. The number of halogens is 2. The molecule has 2 atom stereocenters. The number of fused-ring (bicyclic) bond motifs is 2. The summed E-state index contributed by atoms with van der Waals surface area (Å²) in [7, 11) is 1.60. The number of hydrogen-bond acceptors (Lipinski definition) is 4. The lowest BCUT2D eigenvalue weighted by atomic mass is 9.98. The molecule has 1 N–H and O–H groups in total. The molecule has 6 nitrogen and oxygen atoms in total. The number of aliphatic hydroxyl groups excluding tert-OH is 1. The van der Waals surface area contributed by atoms with Gasteiger partial charge in [0.25, 0.3) is 0 Å². The number of carbonyl (C=O) groups excluding carboxylic acids is 1. The number of benzene rings is 2. The van der Waals surface area contributed by atoms with E-state index in [0.717, 1.165) is 34.3 Å². The van der Waals surface area contributed by atoms with E-state index in [2.05, 4.69) is 0 Å². The molecule has 2 heterocycles. The molecule has 2 aliphatic rings. The fourth-order valence-electron chi connectivity index (χ4n) is 5.03. The van der Waals surface area contributed by atoms with Gasteiger partial charge in [0.2, 0.25) is 5.91 Å². The van der Waals surface area contributed by atoms with Crippen molar-refractivity contribution in [3.8, 4) is 17.0 Å². The summed E-state index contributed by atoms with van der Waals surface area (Å²) in [6.45, 7) is 2.87. The normalized spacial score (nSPS) is 19.4. The van der Waals surface area contributed by atoms with Gasteiger partial charge < -0.3 is 14.7 Å². The van der Waals surface area contributed by atoms with E-state index >= 15 is 0 Å². The van der Waals surface area contributed by atoms with Crippen molar-refractivity contribution in [1.29, 1.82) is 0 Å². The molecule has 172 valence electrons. The lowest BCUT2D eigenvalue weighted by Crippen LogP contribution is -2.35. The van der Waals surface area contributed by atoms with Crippen molar-refractivity contribution >= 4 is 5.91 Å². The zero-order chi connectivity index (χ0) is 23.3. The minimum absolute atomic E-state index is 0.000161. The molecule has 0 radical (unpaired) electrons. The van der Waals surface area contributed by atoms with Crippen molar-refractivity contribution in [3.05, 3.63) is 70.4 Å². The molecule has 1 aliphatic carbocycles. The van der Waals surface area contributed by atoms with E-state index in [1.54, 1.807) is 18.9 Å². The first-order valence-corrected chi connectivity index (χ1v) is 11.0. The Bertz CT molecular complexity index is 1220. The summed E-state index contributed by atoms with van der Waals surface area (Å²) in [6, 6.07) is 9.73. The average molecular weight is 453 g/mol. The highest BCUT2D eigenvalue weighted by molar-refractivity contribution is 5.74. The molecule has 1 aromatic heterocycles. The van der Waals surface area contributed by atoms with E-state index < -0.39 is 23.7 Å². The standard InChI is InChI=1S/C25H25F2N3O3/c1-14(31)29-8-7-23-21(12-29)25(15-3-5-17(33-2)6-4-15)28-30(23)13-20-18-9-16(26)10-22(27)19(18)11-24(20)32/h3-6,9-10,20,24,32H,7-8,11-13H2,1-2H3/t20?,24-/m1/s1. The summed E-state index contributed by atoms with van der Waals surface area (Å²) >= 11 is 0. The number of nitrogens with zero attached hydrogens (tertiary/aromatic N) is 3. The minimum Gasteiger partial charge on any atom is -0.497 e. The van der Waals surface area contributed by atoms with Gasteiger partial charge >= 0.3 is 0 Å². The average Bonchev–Trinajstić information content (AvgIpc) is 3.32. The SMILES string of the molecule is COc1ccc(-c2nn(CC3c4cc(F)cc(F)c4C[C@H]3O)c3c2CN(C(C)=O)CC3)cc1. The van der Waals surface area contributed by atoms with Crippen LogP contribution in [-0.2, 0) is 30.7 Å². The molecular weight excluding hydrogens is 428 g/mol. The van der Waals surface area contributed by atoms with Crippen LogP contribution in [0.1, 0.15) is 35.2 Å². The summed E-state index contributed by atoms with van der Waals surface area (Å²) in [5, 5.41) is 15.6. The Morgan fingerprint density at radius 2 is 1.97 bits per heavy atom. The van der Waals surface area contributed by atoms with Crippen molar-refractivity contribution in [2.24, 2.45) is 0 Å². The Morgan fingerprint density at radius 1 is 1.21 bits per heavy atom. The van der Waals surface area contributed by atoms with Gasteiger partial charge in [-0.15, -0.1) is 0 Å². The maximum atomic E-state index is 14.3. The lowest BCUT2D eigenvalue weighted by molar-refractivity contribution is -0.129. The van der Waals surface area contributed by atoms with Crippen molar-refractivity contribution in [1.82, 2.24) is 14.7 Å². The number of aliphatic hydroxyl groups is 1. The number of amides is 1. The maximum absolute atomic E-state index is 14.3. The molecule has 2 aromatic carbocycles. The first-order chi connectivity index (χ1) is 15.9. The van der Waals surface area contributed by atoms with Gasteiger partial charge in [-0.05, 0) is 41.5 Å². The second-order valence-electron chi connectivity index (χ2n) is 8.71. The predicted molar refractivity (Wildman–Crippen MR) is 118 cm³/mol. The predicted octanol–water partition coefficient (Wildman–Crippen LogP) is 3.44. The third kappa shape index (κ3) is 3.78. The molecular formula is C25H25F2N3O3. The van der Waals surface area contributed by atoms with Crippen LogP contribution in [0.15, 0.2) is 36.4 Å². The molecule has 8 heteroatoms. The second-order valence-corrected chi connectivity index (χ2v) is 8.71. The highest BCUT2D eigenvalue weighted by Crippen LogP contribution is 2.38. The molecule has 0 saturated heterocycles. The van der Waals surface area contributed by atoms with E-state index in [-0.39, 0.29) is 12.3 Å². The third-order valence-corrected chi connectivity index (χ3v) is 6.78. The first-order valence-electron chi connectivity index (χ1n) is 11.0. The van der Waals surface area contributed by atoms with Crippen LogP contribution in [0, 0.1) is 11.6 Å². The third-order valence-electron chi connectivity index (χ3n) is 6.78. The molecule has 0 spiro atoms. The molecule has 3 aromatic rings. The monoisotopic (exact) mass is 453 g/mol. The molecule has 5 rings (SSSR count). The summed E-state index contributed by atoms with van der Waals surface area (Å²) in [4.78, 5) is 13.8. The second kappa shape index (κ2) is 8.26. The Kier molecular flexibility index (Phi) is 5.40. The van der Waals surface area contributed by atoms with Crippen LogP contribution in [0.4, 0.5) is 8.78 Å². The van der Waals surface area contributed by atoms with Gasteiger partial charge in [-0.2, -0.15) is 5.10 Å². The van der Waals surface area contributed by atoms with Gasteiger partial charge in [-0.1, -0.05) is 0 Å². The Morgan fingerprint density at radius 3 is 2.67 bits per heavy atom. The highest BCUT2D eigenvalue weighted by Gasteiger charge is 2.36. The number of ether oxygens (including phenoxy) is 1. The molecule has 0 saturated carbocycles. The number of aromatic nitrogens is 2. The zero-order valence-electron chi connectivity index (χ0n) is 18.5. The van der Waals surface area contributed by atoms with E-state index in [1.165, 1.54) is 6.07 Å². The highest BCUT2D eigenvalue weighted by atomic mass is 19.1. The van der Waals surface area contributed by atoms with Crippen molar-refractivity contribution in [3.63, 3.8) is 0 Å². The summed E-state index contributed by atoms with van der Waals surface area (Å²) < 4.78 is 35.3. The largest absolute Gasteiger partial charge is 0.497 e. The molecule has 1 unspecified atom stereocenters. The Hall–Kier alpha value is -3.26. The molecule has 0 bridgehead atoms. The molecule has 33 heavy (non-hydrogen) atoms. The van der Waals surface area contributed by atoms with E-state index in [4.69, 9.17) is 9.84 Å². The number of hydrogen-bond donors (Lipinski definition) is 1. The Labute approximate surface area is 190 Å². The van der Waals surface area contributed by atoms with Gasteiger partial charge in [0.05, 0.1) is 25.5 Å². The molecule has 1 aliphatic heterocycles. The zero-order valence-corrected chi connectivity index (χ0v) is 18.5. The van der Waals surface area contributed by atoms with Gasteiger partial charge in [0.1, 0.15) is 17.4 Å². The summed E-state index contributed by atoms with van der Waals surface area (Å²) in [6.07, 6.45) is -0.0533. The van der Waals surface area contributed by atoms with E-state index in [9.17, 15) is 18.7 Å². The van der Waals surface area contributed by atoms with Crippen LogP contribution in [0.25, 0.3) is 11.3 Å². The van der Waals surface area contributed by atoms with Crippen LogP contribution in [0.2, 0.25) is 0 Å². The van der Waals surface area contributed by atoms with Gasteiger partial charge in [-0.25, -0.2) is 8.78 Å². The van der Waals surface area contributed by atoms with E-state index in [1.807, 2.05) is 28.9 Å². The van der Waals surface area contributed by atoms with E-state index in [0.29, 0.717) is 37.2 Å². The number of rotatable bonds is 4. The summed E-state index contributed by atoms with van der Waals surface area (Å²) in [5.41, 5.74) is 4.46. The van der Waals surface area contributed by atoms with Crippen molar-refractivity contribution in [2.45, 2.75) is 44.9 Å². The van der Waals surface area contributed by atoms with Gasteiger partial charge in [-0.3, -0.25) is 9.48 Å². The fourth-order valence-corrected chi connectivity index (χ4v) is 5.03. The van der Waals surface area contributed by atoms with Gasteiger partial charge in [0.15, 0.2) is 0 Å². The molecule has 1 amide bonds. The van der Waals surface area contributed by atoms with Crippen molar-refractivity contribution < 1.29 is 23.4 Å². The quantitative estimate of drug-likeness (QED) is 0.657. The van der Waals surface area contributed by atoms with Crippen molar-refractivity contribution in [2.75, 3.05) is 13.7 Å². The van der Waals surface area contributed by atoms with Crippen LogP contribution in [-0.4, -0.2) is 45.5 Å². The Balaban J connectivity index is 1.56. The topological polar surface area (TPSA) is 67.6 Å². The van der Waals surface area contributed by atoms with Gasteiger partial charge in [0, 0.05) is 61.7 Å². The van der Waals surface area contributed by atoms with Crippen LogP contribution in [0.5, 0.6) is 5.75 Å². The van der Waals surface area contributed by atoms with Crippen LogP contribution in [0.3, 0.4) is 0 Å². The number of methoxy groups -OCH3 is 1. The minimum atomic E-state index is -0.821. The summed E-state index contributed by atoms with van der Waals surface area (Å²) in [5.74, 6) is -1.01. The maximum Gasteiger partial charge on any atom is 0.219 e. The smallest absolute Gasteiger partial charge is 0.219 e. The van der Waals surface area contributed by atoms with Crippen LogP contribution >= 0.6 is 0 Å².